The van der Waals surface area contributed by atoms with Crippen LogP contribution in [0.1, 0.15) is 38.3 Å². The van der Waals surface area contributed by atoms with Gasteiger partial charge in [-0.1, -0.05) is 36.3 Å². The Morgan fingerprint density at radius 2 is 1.95 bits per heavy atom. The SMILES string of the molecule is C#CC(C)(C)N1CC(C2CC2)NCC1c1ccccc1. The molecule has 1 aromatic rings. The van der Waals surface area contributed by atoms with Gasteiger partial charge < -0.3 is 5.32 Å². The predicted octanol–water partition coefficient (Wildman–Crippen LogP) is 2.82. The van der Waals surface area contributed by atoms with Crippen molar-refractivity contribution in [3.05, 3.63) is 35.9 Å². The van der Waals surface area contributed by atoms with Crippen LogP contribution in [0.5, 0.6) is 0 Å². The molecule has 1 saturated heterocycles. The lowest BCUT2D eigenvalue weighted by Gasteiger charge is -2.47. The molecule has 1 aromatic carbocycles. The number of benzene rings is 1. The molecule has 3 rings (SSSR count). The lowest BCUT2D eigenvalue weighted by atomic mass is 9.92. The summed E-state index contributed by atoms with van der Waals surface area (Å²) in [6, 6.07) is 11.7. The number of nitrogens with zero attached hydrogens (tertiary/aromatic N) is 1. The highest BCUT2D eigenvalue weighted by Gasteiger charge is 2.41. The van der Waals surface area contributed by atoms with Crippen molar-refractivity contribution in [1.29, 1.82) is 0 Å². The fourth-order valence-corrected chi connectivity index (χ4v) is 3.26. The minimum Gasteiger partial charge on any atom is -0.311 e. The van der Waals surface area contributed by atoms with Crippen molar-refractivity contribution in [3.63, 3.8) is 0 Å². The first-order valence-electron chi connectivity index (χ1n) is 7.64. The van der Waals surface area contributed by atoms with Crippen LogP contribution in [-0.2, 0) is 0 Å². The normalized spacial score (nSPS) is 28.1. The van der Waals surface area contributed by atoms with Gasteiger partial charge in [-0.2, -0.15) is 0 Å². The lowest BCUT2D eigenvalue weighted by Crippen LogP contribution is -2.59. The Kier molecular flexibility index (Phi) is 3.58. The van der Waals surface area contributed by atoms with E-state index in [2.05, 4.69) is 60.3 Å². The summed E-state index contributed by atoms with van der Waals surface area (Å²) in [6.07, 6.45) is 8.55. The molecule has 0 amide bonds. The van der Waals surface area contributed by atoms with Crippen LogP contribution in [-0.4, -0.2) is 29.6 Å². The van der Waals surface area contributed by atoms with Gasteiger partial charge in [0, 0.05) is 25.2 Å². The summed E-state index contributed by atoms with van der Waals surface area (Å²) >= 11 is 0. The fraction of sp³-hybridized carbons (Fsp3) is 0.556. The highest BCUT2D eigenvalue weighted by molar-refractivity contribution is 5.23. The number of hydrogen-bond acceptors (Lipinski definition) is 2. The monoisotopic (exact) mass is 268 g/mol. The highest BCUT2D eigenvalue weighted by atomic mass is 15.3. The number of rotatable bonds is 3. The van der Waals surface area contributed by atoms with E-state index in [0.717, 1.165) is 19.0 Å². The van der Waals surface area contributed by atoms with E-state index >= 15 is 0 Å². The molecule has 1 aliphatic heterocycles. The molecule has 0 bridgehead atoms. The number of hydrogen-bond donors (Lipinski definition) is 1. The van der Waals surface area contributed by atoms with E-state index in [0.29, 0.717) is 12.1 Å². The summed E-state index contributed by atoms with van der Waals surface area (Å²) in [4.78, 5) is 2.52. The van der Waals surface area contributed by atoms with Crippen molar-refractivity contribution in [1.82, 2.24) is 10.2 Å². The van der Waals surface area contributed by atoms with Crippen molar-refractivity contribution in [2.24, 2.45) is 5.92 Å². The van der Waals surface area contributed by atoms with Gasteiger partial charge in [-0.3, -0.25) is 4.90 Å². The van der Waals surface area contributed by atoms with Gasteiger partial charge >= 0.3 is 0 Å². The van der Waals surface area contributed by atoms with Crippen LogP contribution >= 0.6 is 0 Å². The van der Waals surface area contributed by atoms with Crippen LogP contribution in [0.25, 0.3) is 0 Å². The molecule has 2 nitrogen and oxygen atoms in total. The largest absolute Gasteiger partial charge is 0.311 e. The van der Waals surface area contributed by atoms with Crippen LogP contribution in [0.4, 0.5) is 0 Å². The Bertz CT molecular complexity index is 496. The molecule has 1 heterocycles. The summed E-state index contributed by atoms with van der Waals surface area (Å²) in [5.41, 5.74) is 1.16. The standard InChI is InChI=1S/C18H24N2/c1-4-18(2,3)20-13-16(14-10-11-14)19-12-17(20)15-8-6-5-7-9-15/h1,5-9,14,16-17,19H,10-13H2,2-3H3. The maximum atomic E-state index is 5.80. The molecule has 106 valence electrons. The van der Waals surface area contributed by atoms with Crippen molar-refractivity contribution in [3.8, 4) is 12.3 Å². The summed E-state index contributed by atoms with van der Waals surface area (Å²) in [5.74, 6) is 3.85. The molecule has 2 aliphatic rings. The fourth-order valence-electron chi connectivity index (χ4n) is 3.26. The molecule has 0 aromatic heterocycles. The third-order valence-corrected chi connectivity index (χ3v) is 4.79. The predicted molar refractivity (Wildman–Crippen MR) is 83.3 cm³/mol. The second-order valence-corrected chi connectivity index (χ2v) is 6.63. The zero-order valence-corrected chi connectivity index (χ0v) is 12.5. The van der Waals surface area contributed by atoms with Gasteiger partial charge in [-0.15, -0.1) is 6.42 Å². The Balaban J connectivity index is 1.86. The maximum absolute atomic E-state index is 5.80. The second kappa shape index (κ2) is 5.24. The molecule has 2 unspecified atom stereocenters. The summed E-state index contributed by atoms with van der Waals surface area (Å²) < 4.78 is 0. The van der Waals surface area contributed by atoms with Crippen LogP contribution in [0.15, 0.2) is 30.3 Å². The number of piperazine rings is 1. The summed E-state index contributed by atoms with van der Waals surface area (Å²) in [6.45, 7) is 6.38. The molecule has 2 fully saturated rings. The van der Waals surface area contributed by atoms with E-state index in [1.807, 2.05) is 0 Å². The average Bonchev–Trinajstić information content (AvgIpc) is 3.32. The summed E-state index contributed by atoms with van der Waals surface area (Å²) in [5, 5.41) is 3.75. The van der Waals surface area contributed by atoms with Crippen molar-refractivity contribution in [2.45, 2.75) is 44.3 Å². The minimum atomic E-state index is -0.199. The molecule has 20 heavy (non-hydrogen) atoms. The third kappa shape index (κ3) is 2.61. The van der Waals surface area contributed by atoms with Gasteiger partial charge in [0.15, 0.2) is 0 Å². The quantitative estimate of drug-likeness (QED) is 0.848. The van der Waals surface area contributed by atoms with E-state index in [-0.39, 0.29) is 5.54 Å². The molecule has 1 saturated carbocycles. The van der Waals surface area contributed by atoms with E-state index < -0.39 is 0 Å². The lowest BCUT2D eigenvalue weighted by molar-refractivity contribution is 0.0572. The molecule has 2 heteroatoms. The van der Waals surface area contributed by atoms with Gasteiger partial charge in [-0.25, -0.2) is 0 Å². The first-order chi connectivity index (χ1) is 9.62. The van der Waals surface area contributed by atoms with Crippen LogP contribution in [0, 0.1) is 18.3 Å². The minimum absolute atomic E-state index is 0.199. The average molecular weight is 268 g/mol. The van der Waals surface area contributed by atoms with Gasteiger partial charge in [0.25, 0.3) is 0 Å². The zero-order valence-electron chi connectivity index (χ0n) is 12.5. The second-order valence-electron chi connectivity index (χ2n) is 6.63. The Hall–Kier alpha value is -1.30. The molecule has 0 spiro atoms. The highest BCUT2D eigenvalue weighted by Crippen LogP contribution is 2.38. The van der Waals surface area contributed by atoms with Gasteiger partial charge in [0.05, 0.1) is 5.54 Å². The van der Waals surface area contributed by atoms with E-state index in [1.54, 1.807) is 0 Å². The molecular formula is C18H24N2. The molecule has 0 radical (unpaired) electrons. The van der Waals surface area contributed by atoms with Crippen LogP contribution < -0.4 is 5.32 Å². The number of nitrogens with one attached hydrogen (secondary N) is 1. The van der Waals surface area contributed by atoms with E-state index in [9.17, 15) is 0 Å². The first kappa shape index (κ1) is 13.7. The van der Waals surface area contributed by atoms with Gasteiger partial charge in [0.2, 0.25) is 0 Å². The maximum Gasteiger partial charge on any atom is 0.0772 e. The number of terminal acetylenes is 1. The molecule has 2 atom stereocenters. The van der Waals surface area contributed by atoms with Crippen LogP contribution in [0.2, 0.25) is 0 Å². The van der Waals surface area contributed by atoms with Gasteiger partial charge in [-0.05, 0) is 38.2 Å². The first-order valence-corrected chi connectivity index (χ1v) is 7.64. The van der Waals surface area contributed by atoms with Gasteiger partial charge in [0.1, 0.15) is 0 Å². The zero-order chi connectivity index (χ0) is 14.2. The van der Waals surface area contributed by atoms with Crippen molar-refractivity contribution < 1.29 is 0 Å². The van der Waals surface area contributed by atoms with E-state index in [1.165, 1.54) is 18.4 Å². The Morgan fingerprint density at radius 3 is 2.55 bits per heavy atom. The molecule has 1 N–H and O–H groups in total. The Labute approximate surface area is 122 Å². The van der Waals surface area contributed by atoms with Crippen molar-refractivity contribution >= 4 is 0 Å². The van der Waals surface area contributed by atoms with Crippen LogP contribution in [0.3, 0.4) is 0 Å². The summed E-state index contributed by atoms with van der Waals surface area (Å²) in [7, 11) is 0. The third-order valence-electron chi connectivity index (χ3n) is 4.79. The Morgan fingerprint density at radius 1 is 1.25 bits per heavy atom. The molecule has 1 aliphatic carbocycles. The van der Waals surface area contributed by atoms with E-state index in [4.69, 9.17) is 6.42 Å². The van der Waals surface area contributed by atoms with Crippen molar-refractivity contribution in [2.75, 3.05) is 13.1 Å². The smallest absolute Gasteiger partial charge is 0.0772 e. The topological polar surface area (TPSA) is 15.3 Å². The molecular weight excluding hydrogens is 244 g/mol.